The molecule has 2 aliphatic rings. The van der Waals surface area contributed by atoms with E-state index in [1.807, 2.05) is 62.4 Å². The number of carbonyl (C=O) groups is 3. The van der Waals surface area contributed by atoms with Gasteiger partial charge in [-0.15, -0.1) is 0 Å². The van der Waals surface area contributed by atoms with E-state index in [2.05, 4.69) is 0 Å². The van der Waals surface area contributed by atoms with Crippen LogP contribution < -0.4 is 4.90 Å². The number of amides is 2. The third-order valence-electron chi connectivity index (χ3n) is 5.22. The van der Waals surface area contributed by atoms with Gasteiger partial charge in [0.2, 0.25) is 0 Å². The molecule has 6 nitrogen and oxygen atoms in total. The van der Waals surface area contributed by atoms with Gasteiger partial charge in [-0.1, -0.05) is 78.9 Å². The van der Waals surface area contributed by atoms with E-state index in [1.54, 1.807) is 4.90 Å². The SMILES string of the molecule is CCCOC(=O)CN1C(=O)/C(=C2/C(=O)N(Cc3ccc(C)cc3)c3ccccc32)SC1=S. The van der Waals surface area contributed by atoms with E-state index in [9.17, 15) is 14.4 Å². The minimum Gasteiger partial charge on any atom is -0.464 e. The van der Waals surface area contributed by atoms with E-state index in [-0.39, 0.29) is 28.3 Å². The van der Waals surface area contributed by atoms with Crippen molar-refractivity contribution in [2.75, 3.05) is 18.1 Å². The number of nitrogens with zero attached hydrogens (tertiary/aromatic N) is 2. The van der Waals surface area contributed by atoms with Crippen molar-refractivity contribution >= 4 is 57.3 Å². The summed E-state index contributed by atoms with van der Waals surface area (Å²) in [6.45, 7) is 4.32. The number of hydrogen-bond acceptors (Lipinski definition) is 6. The molecule has 2 aromatic rings. The molecule has 164 valence electrons. The lowest BCUT2D eigenvalue weighted by Gasteiger charge is -2.17. The summed E-state index contributed by atoms with van der Waals surface area (Å²) in [7, 11) is 0. The topological polar surface area (TPSA) is 66.9 Å². The smallest absolute Gasteiger partial charge is 0.326 e. The molecule has 0 bridgehead atoms. The number of thiocarbonyl (C=S) groups is 1. The van der Waals surface area contributed by atoms with Gasteiger partial charge in [0, 0.05) is 5.56 Å². The standard InChI is InChI=1S/C24H22N2O4S2/c1-3-12-30-19(27)14-26-23(29)21(32-24(26)31)20-17-6-4-5-7-18(17)25(22(20)28)13-16-10-8-15(2)9-11-16/h4-11H,3,12-14H2,1-2H3/b21-20-. The Hall–Kier alpha value is -2.97. The van der Waals surface area contributed by atoms with Crippen LogP contribution in [0.5, 0.6) is 0 Å². The minimum atomic E-state index is -0.520. The Morgan fingerprint density at radius 2 is 1.75 bits per heavy atom. The maximum atomic E-state index is 13.5. The first kappa shape index (κ1) is 22.2. The number of aryl methyl sites for hydroxylation is 1. The zero-order valence-corrected chi connectivity index (χ0v) is 19.4. The molecule has 2 aliphatic heterocycles. The average Bonchev–Trinajstić information content (AvgIpc) is 3.21. The van der Waals surface area contributed by atoms with Crippen LogP contribution in [0.25, 0.3) is 5.57 Å². The van der Waals surface area contributed by atoms with Gasteiger partial charge in [-0.2, -0.15) is 0 Å². The quantitative estimate of drug-likeness (QED) is 0.363. The zero-order chi connectivity index (χ0) is 22.8. The van der Waals surface area contributed by atoms with Crippen LogP contribution in [-0.4, -0.2) is 40.2 Å². The summed E-state index contributed by atoms with van der Waals surface area (Å²) in [6.07, 6.45) is 0.691. The van der Waals surface area contributed by atoms with Gasteiger partial charge < -0.3 is 9.64 Å². The Morgan fingerprint density at radius 3 is 2.47 bits per heavy atom. The second-order valence-corrected chi connectivity index (χ2v) is 9.22. The molecule has 4 rings (SSSR count). The summed E-state index contributed by atoms with van der Waals surface area (Å²) in [4.78, 5) is 41.8. The zero-order valence-electron chi connectivity index (χ0n) is 17.8. The van der Waals surface area contributed by atoms with E-state index >= 15 is 0 Å². The van der Waals surface area contributed by atoms with Gasteiger partial charge in [-0.05, 0) is 25.0 Å². The second kappa shape index (κ2) is 9.26. The molecule has 0 unspecified atom stereocenters. The Balaban J connectivity index is 1.66. The Labute approximate surface area is 196 Å². The molecule has 1 fully saturated rings. The van der Waals surface area contributed by atoms with Crippen molar-refractivity contribution < 1.29 is 19.1 Å². The van der Waals surface area contributed by atoms with Gasteiger partial charge in [-0.3, -0.25) is 19.3 Å². The molecular formula is C24H22N2O4S2. The van der Waals surface area contributed by atoms with Crippen molar-refractivity contribution in [2.45, 2.75) is 26.8 Å². The summed E-state index contributed by atoms with van der Waals surface area (Å²) in [5, 5.41) is 0. The first-order valence-electron chi connectivity index (χ1n) is 10.3. The van der Waals surface area contributed by atoms with Crippen LogP contribution in [0.2, 0.25) is 0 Å². The number of hydrogen-bond donors (Lipinski definition) is 0. The van der Waals surface area contributed by atoms with E-state index in [1.165, 1.54) is 4.90 Å². The number of anilines is 1. The molecule has 1 saturated heterocycles. The summed E-state index contributed by atoms with van der Waals surface area (Å²) in [5.74, 6) is -1.21. The molecule has 0 N–H and O–H groups in total. The normalized spacial score (nSPS) is 17.9. The van der Waals surface area contributed by atoms with Crippen LogP contribution in [0, 0.1) is 6.92 Å². The van der Waals surface area contributed by atoms with Crippen molar-refractivity contribution in [3.05, 3.63) is 70.1 Å². The summed E-state index contributed by atoms with van der Waals surface area (Å²) >= 11 is 6.40. The number of rotatable bonds is 6. The number of benzene rings is 2. The van der Waals surface area contributed by atoms with Crippen molar-refractivity contribution in [1.29, 1.82) is 0 Å². The monoisotopic (exact) mass is 466 g/mol. The molecule has 0 saturated carbocycles. The molecule has 0 aliphatic carbocycles. The average molecular weight is 467 g/mol. The Kier molecular flexibility index (Phi) is 6.43. The van der Waals surface area contributed by atoms with E-state index < -0.39 is 11.9 Å². The van der Waals surface area contributed by atoms with Gasteiger partial charge in [0.25, 0.3) is 11.8 Å². The highest BCUT2D eigenvalue weighted by Gasteiger charge is 2.42. The summed E-state index contributed by atoms with van der Waals surface area (Å²) < 4.78 is 5.33. The van der Waals surface area contributed by atoms with Crippen LogP contribution in [0.3, 0.4) is 0 Å². The van der Waals surface area contributed by atoms with Gasteiger partial charge in [0.15, 0.2) is 0 Å². The summed E-state index contributed by atoms with van der Waals surface area (Å²) in [5.41, 5.74) is 3.91. The van der Waals surface area contributed by atoms with Crippen molar-refractivity contribution in [1.82, 2.24) is 4.90 Å². The highest BCUT2D eigenvalue weighted by molar-refractivity contribution is 8.26. The van der Waals surface area contributed by atoms with Crippen molar-refractivity contribution in [3.63, 3.8) is 0 Å². The van der Waals surface area contributed by atoms with Gasteiger partial charge in [0.1, 0.15) is 10.9 Å². The number of esters is 1. The van der Waals surface area contributed by atoms with Gasteiger partial charge >= 0.3 is 5.97 Å². The first-order valence-corrected chi connectivity index (χ1v) is 11.5. The fourth-order valence-corrected chi connectivity index (χ4v) is 4.94. The third-order valence-corrected chi connectivity index (χ3v) is 6.66. The largest absolute Gasteiger partial charge is 0.464 e. The molecule has 32 heavy (non-hydrogen) atoms. The van der Waals surface area contributed by atoms with Crippen molar-refractivity contribution in [3.8, 4) is 0 Å². The molecule has 0 spiro atoms. The third kappa shape index (κ3) is 4.20. The highest BCUT2D eigenvalue weighted by Crippen LogP contribution is 2.44. The fraction of sp³-hybridized carbons (Fsp3) is 0.250. The van der Waals surface area contributed by atoms with E-state index in [0.717, 1.165) is 28.6 Å². The fourth-order valence-electron chi connectivity index (χ4n) is 3.61. The predicted molar refractivity (Wildman–Crippen MR) is 129 cm³/mol. The number of thioether (sulfide) groups is 1. The number of para-hydroxylation sites is 1. The lowest BCUT2D eigenvalue weighted by Crippen LogP contribution is -2.34. The lowest BCUT2D eigenvalue weighted by atomic mass is 10.1. The molecule has 8 heteroatoms. The Morgan fingerprint density at radius 1 is 1.03 bits per heavy atom. The van der Waals surface area contributed by atoms with E-state index in [0.29, 0.717) is 24.1 Å². The van der Waals surface area contributed by atoms with Crippen LogP contribution in [0.15, 0.2) is 53.4 Å². The minimum absolute atomic E-state index is 0.244. The summed E-state index contributed by atoms with van der Waals surface area (Å²) in [6, 6.07) is 15.4. The maximum Gasteiger partial charge on any atom is 0.326 e. The predicted octanol–water partition coefficient (Wildman–Crippen LogP) is 4.07. The molecule has 2 amide bonds. The maximum absolute atomic E-state index is 13.5. The van der Waals surface area contributed by atoms with Crippen LogP contribution in [-0.2, 0) is 25.7 Å². The van der Waals surface area contributed by atoms with E-state index in [4.69, 9.17) is 17.0 Å². The molecule has 0 atom stereocenters. The Bertz CT molecular complexity index is 1140. The van der Waals surface area contributed by atoms with Crippen molar-refractivity contribution in [2.24, 2.45) is 0 Å². The van der Waals surface area contributed by atoms with Crippen LogP contribution >= 0.6 is 24.0 Å². The number of ether oxygens (including phenoxy) is 1. The number of carbonyl (C=O) groups excluding carboxylic acids is 3. The first-order chi connectivity index (χ1) is 15.4. The van der Waals surface area contributed by atoms with Crippen LogP contribution in [0.4, 0.5) is 5.69 Å². The number of fused-ring (bicyclic) bond motifs is 1. The molecule has 0 radical (unpaired) electrons. The molecular weight excluding hydrogens is 444 g/mol. The van der Waals surface area contributed by atoms with Gasteiger partial charge in [0.05, 0.1) is 29.3 Å². The molecule has 2 aromatic carbocycles. The highest BCUT2D eigenvalue weighted by atomic mass is 32.2. The lowest BCUT2D eigenvalue weighted by molar-refractivity contribution is -0.146. The molecule has 2 heterocycles. The second-order valence-electron chi connectivity index (χ2n) is 7.58. The van der Waals surface area contributed by atoms with Crippen LogP contribution in [0.1, 0.15) is 30.0 Å². The molecule has 0 aromatic heterocycles. The van der Waals surface area contributed by atoms with Gasteiger partial charge in [-0.25, -0.2) is 0 Å².